The highest BCUT2D eigenvalue weighted by Crippen LogP contribution is 2.18. The molecule has 2 atom stereocenters. The summed E-state index contributed by atoms with van der Waals surface area (Å²) in [4.78, 5) is 0. The standard InChI is InChI=1S/C10H20N2O2S/c1-3-4-7-15(13,14)12-6-5-10(11)9(2)8-12/h3,9-10H,1,4-8,11H2,2H3. The zero-order valence-corrected chi connectivity index (χ0v) is 10.0. The number of hydrogen-bond acceptors (Lipinski definition) is 3. The second-order valence-electron chi connectivity index (χ2n) is 4.18. The molecule has 1 fully saturated rings. The first kappa shape index (κ1) is 12.7. The highest BCUT2D eigenvalue weighted by atomic mass is 32.2. The number of nitrogens with two attached hydrogens (primary N) is 1. The Hall–Kier alpha value is -0.390. The van der Waals surface area contributed by atoms with E-state index in [1.54, 1.807) is 10.4 Å². The van der Waals surface area contributed by atoms with E-state index in [1.165, 1.54) is 0 Å². The maximum atomic E-state index is 11.8. The van der Waals surface area contributed by atoms with Gasteiger partial charge in [-0.3, -0.25) is 0 Å². The Morgan fingerprint density at radius 1 is 1.60 bits per heavy atom. The molecular formula is C10H20N2O2S. The fourth-order valence-corrected chi connectivity index (χ4v) is 3.31. The van der Waals surface area contributed by atoms with Crippen LogP contribution < -0.4 is 5.73 Å². The van der Waals surface area contributed by atoms with Crippen molar-refractivity contribution in [3.8, 4) is 0 Å². The SMILES string of the molecule is C=CCCS(=O)(=O)N1CCC(N)C(C)C1. The van der Waals surface area contributed by atoms with Gasteiger partial charge in [-0.05, 0) is 18.8 Å². The average Bonchev–Trinajstić information content (AvgIpc) is 2.19. The van der Waals surface area contributed by atoms with Gasteiger partial charge in [0, 0.05) is 19.1 Å². The molecule has 0 radical (unpaired) electrons. The summed E-state index contributed by atoms with van der Waals surface area (Å²) < 4.78 is 25.2. The molecule has 1 saturated heterocycles. The third-order valence-corrected chi connectivity index (χ3v) is 4.78. The molecule has 0 saturated carbocycles. The third-order valence-electron chi connectivity index (χ3n) is 2.91. The number of nitrogens with zero attached hydrogens (tertiary/aromatic N) is 1. The van der Waals surface area contributed by atoms with Crippen molar-refractivity contribution in [1.82, 2.24) is 4.31 Å². The van der Waals surface area contributed by atoms with Gasteiger partial charge in [0.25, 0.3) is 0 Å². The molecule has 5 heteroatoms. The third kappa shape index (κ3) is 3.29. The number of hydrogen-bond donors (Lipinski definition) is 1. The van der Waals surface area contributed by atoms with Gasteiger partial charge in [-0.15, -0.1) is 6.58 Å². The van der Waals surface area contributed by atoms with Crippen LogP contribution >= 0.6 is 0 Å². The van der Waals surface area contributed by atoms with E-state index in [0.29, 0.717) is 19.5 Å². The molecule has 1 heterocycles. The highest BCUT2D eigenvalue weighted by Gasteiger charge is 2.30. The van der Waals surface area contributed by atoms with Crippen molar-refractivity contribution in [2.75, 3.05) is 18.8 Å². The van der Waals surface area contributed by atoms with Crippen LogP contribution in [0.25, 0.3) is 0 Å². The topological polar surface area (TPSA) is 63.4 Å². The predicted molar refractivity (Wildman–Crippen MR) is 61.9 cm³/mol. The molecule has 0 aromatic rings. The lowest BCUT2D eigenvalue weighted by Crippen LogP contribution is -2.48. The van der Waals surface area contributed by atoms with E-state index in [4.69, 9.17) is 5.73 Å². The van der Waals surface area contributed by atoms with Gasteiger partial charge >= 0.3 is 0 Å². The fraction of sp³-hybridized carbons (Fsp3) is 0.800. The molecule has 0 aliphatic carbocycles. The van der Waals surface area contributed by atoms with Gasteiger partial charge in [0.1, 0.15) is 0 Å². The summed E-state index contributed by atoms with van der Waals surface area (Å²) in [6.07, 6.45) is 2.91. The van der Waals surface area contributed by atoms with Crippen LogP contribution in [0.3, 0.4) is 0 Å². The quantitative estimate of drug-likeness (QED) is 0.720. The molecule has 1 aliphatic rings. The first-order valence-corrected chi connectivity index (χ1v) is 6.92. The summed E-state index contributed by atoms with van der Waals surface area (Å²) in [5.74, 6) is 0.413. The first-order chi connectivity index (χ1) is 6.97. The Kier molecular flexibility index (Phi) is 4.31. The van der Waals surface area contributed by atoms with Crippen LogP contribution in [0.2, 0.25) is 0 Å². The van der Waals surface area contributed by atoms with Crippen LogP contribution in [0.15, 0.2) is 12.7 Å². The van der Waals surface area contributed by atoms with E-state index < -0.39 is 10.0 Å². The van der Waals surface area contributed by atoms with Crippen molar-refractivity contribution >= 4 is 10.0 Å². The Labute approximate surface area is 92.2 Å². The van der Waals surface area contributed by atoms with Crippen LogP contribution in [0, 0.1) is 5.92 Å². The lowest BCUT2D eigenvalue weighted by atomic mass is 9.96. The Bertz CT molecular complexity index is 313. The smallest absolute Gasteiger partial charge is 0.214 e. The largest absolute Gasteiger partial charge is 0.327 e. The van der Waals surface area contributed by atoms with Crippen LogP contribution in [-0.2, 0) is 10.0 Å². The molecule has 2 unspecified atom stereocenters. The molecule has 1 rings (SSSR count). The van der Waals surface area contributed by atoms with Crippen molar-refractivity contribution < 1.29 is 8.42 Å². The summed E-state index contributed by atoms with van der Waals surface area (Å²) in [5, 5.41) is 0. The minimum Gasteiger partial charge on any atom is -0.327 e. The Morgan fingerprint density at radius 3 is 2.80 bits per heavy atom. The van der Waals surface area contributed by atoms with Gasteiger partial charge in [0.2, 0.25) is 10.0 Å². The van der Waals surface area contributed by atoms with E-state index in [2.05, 4.69) is 6.58 Å². The van der Waals surface area contributed by atoms with Crippen molar-refractivity contribution in [1.29, 1.82) is 0 Å². The molecule has 0 bridgehead atoms. The van der Waals surface area contributed by atoms with E-state index in [9.17, 15) is 8.42 Å². The summed E-state index contributed by atoms with van der Waals surface area (Å²) in [6.45, 7) is 6.65. The normalized spacial score (nSPS) is 28.9. The molecule has 4 nitrogen and oxygen atoms in total. The van der Waals surface area contributed by atoms with Crippen molar-refractivity contribution in [2.45, 2.75) is 25.8 Å². The minimum atomic E-state index is -3.10. The number of sulfonamides is 1. The summed E-state index contributed by atoms with van der Waals surface area (Å²) in [5.41, 5.74) is 5.85. The van der Waals surface area contributed by atoms with Crippen molar-refractivity contribution in [3.05, 3.63) is 12.7 Å². The molecule has 0 aromatic carbocycles. The zero-order valence-electron chi connectivity index (χ0n) is 9.22. The molecule has 0 spiro atoms. The molecule has 1 aliphatic heterocycles. The monoisotopic (exact) mass is 232 g/mol. The minimum absolute atomic E-state index is 0.135. The van der Waals surface area contributed by atoms with Gasteiger partial charge in [-0.1, -0.05) is 13.0 Å². The molecule has 0 aromatic heterocycles. The average molecular weight is 232 g/mol. The molecule has 15 heavy (non-hydrogen) atoms. The van der Waals surface area contributed by atoms with Crippen molar-refractivity contribution in [3.63, 3.8) is 0 Å². The van der Waals surface area contributed by atoms with Crippen molar-refractivity contribution in [2.24, 2.45) is 11.7 Å². The van der Waals surface area contributed by atoms with E-state index in [1.807, 2.05) is 6.92 Å². The van der Waals surface area contributed by atoms with Crippen LogP contribution in [0.5, 0.6) is 0 Å². The van der Waals surface area contributed by atoms with Gasteiger partial charge in [0.05, 0.1) is 5.75 Å². The van der Waals surface area contributed by atoms with E-state index >= 15 is 0 Å². The van der Waals surface area contributed by atoms with E-state index in [0.717, 1.165) is 6.42 Å². The van der Waals surface area contributed by atoms with E-state index in [-0.39, 0.29) is 17.7 Å². The molecular weight excluding hydrogens is 212 g/mol. The van der Waals surface area contributed by atoms with Crippen LogP contribution in [-0.4, -0.2) is 37.6 Å². The number of allylic oxidation sites excluding steroid dienone is 1. The predicted octanol–water partition coefficient (Wildman–Crippen LogP) is 0.561. The molecule has 2 N–H and O–H groups in total. The first-order valence-electron chi connectivity index (χ1n) is 5.31. The Balaban J connectivity index is 2.60. The lowest BCUT2D eigenvalue weighted by molar-refractivity contribution is 0.250. The highest BCUT2D eigenvalue weighted by molar-refractivity contribution is 7.89. The Morgan fingerprint density at radius 2 is 2.27 bits per heavy atom. The summed E-state index contributed by atoms with van der Waals surface area (Å²) in [7, 11) is -3.10. The van der Waals surface area contributed by atoms with Gasteiger partial charge in [0.15, 0.2) is 0 Å². The molecule has 0 amide bonds. The second-order valence-corrected chi connectivity index (χ2v) is 6.27. The molecule has 88 valence electrons. The second kappa shape index (κ2) is 5.09. The lowest BCUT2D eigenvalue weighted by Gasteiger charge is -2.34. The van der Waals surface area contributed by atoms with Gasteiger partial charge < -0.3 is 5.73 Å². The number of piperidine rings is 1. The van der Waals surface area contributed by atoms with Crippen LogP contribution in [0.1, 0.15) is 19.8 Å². The summed E-state index contributed by atoms with van der Waals surface area (Å²) in [6, 6.07) is 0.135. The van der Waals surface area contributed by atoms with Gasteiger partial charge in [-0.25, -0.2) is 12.7 Å². The van der Waals surface area contributed by atoms with Gasteiger partial charge in [-0.2, -0.15) is 0 Å². The fourth-order valence-electron chi connectivity index (χ4n) is 1.74. The maximum Gasteiger partial charge on any atom is 0.214 e. The van der Waals surface area contributed by atoms with Crippen LogP contribution in [0.4, 0.5) is 0 Å². The maximum absolute atomic E-state index is 11.8. The number of rotatable bonds is 4. The summed E-state index contributed by atoms with van der Waals surface area (Å²) >= 11 is 0. The zero-order chi connectivity index (χ0) is 11.5.